The van der Waals surface area contributed by atoms with Crippen LogP contribution < -0.4 is 10.6 Å². The summed E-state index contributed by atoms with van der Waals surface area (Å²) in [5, 5.41) is 6.29. The number of hydrogen-bond donors (Lipinski definition) is 2. The van der Waals surface area contributed by atoms with Crippen molar-refractivity contribution in [3.05, 3.63) is 0 Å². The fraction of sp³-hybridized carbons (Fsp3) is 0.917. The lowest BCUT2D eigenvalue weighted by atomic mass is 9.74. The largest absolute Gasteiger partial charge is 0.352 e. The normalized spacial score (nSPS) is 36.6. The average molecular weight is 223 g/mol. The molecule has 3 rings (SSSR count). The lowest BCUT2D eigenvalue weighted by molar-refractivity contribution is -0.141. The van der Waals surface area contributed by atoms with Crippen molar-refractivity contribution in [3.63, 3.8) is 0 Å². The monoisotopic (exact) mass is 223 g/mol. The van der Waals surface area contributed by atoms with Gasteiger partial charge in [-0.15, -0.1) is 0 Å². The molecule has 3 heterocycles. The van der Waals surface area contributed by atoms with Crippen LogP contribution in [0.3, 0.4) is 0 Å². The van der Waals surface area contributed by atoms with Crippen LogP contribution >= 0.6 is 0 Å². The topological polar surface area (TPSA) is 44.4 Å². The van der Waals surface area contributed by atoms with Gasteiger partial charge in [-0.25, -0.2) is 0 Å². The number of likely N-dealkylation sites (tertiary alicyclic amines) is 1. The van der Waals surface area contributed by atoms with Gasteiger partial charge in [0, 0.05) is 38.1 Å². The summed E-state index contributed by atoms with van der Waals surface area (Å²) in [6.45, 7) is 9.66. The van der Waals surface area contributed by atoms with Gasteiger partial charge >= 0.3 is 0 Å². The van der Waals surface area contributed by atoms with Crippen LogP contribution in [-0.4, -0.2) is 49.1 Å². The molecule has 1 amide bonds. The summed E-state index contributed by atoms with van der Waals surface area (Å²) in [5.74, 6) is 0.894. The molecule has 2 spiro atoms. The van der Waals surface area contributed by atoms with Crippen LogP contribution in [0.15, 0.2) is 0 Å². The van der Waals surface area contributed by atoms with E-state index in [-0.39, 0.29) is 11.4 Å². The Morgan fingerprint density at radius 2 is 2.12 bits per heavy atom. The summed E-state index contributed by atoms with van der Waals surface area (Å²) in [4.78, 5) is 14.3. The number of carbonyl (C=O) groups excluding carboxylic acids is 1. The number of nitrogens with one attached hydrogen (secondary N) is 2. The number of carbonyl (C=O) groups is 1. The maximum Gasteiger partial charge on any atom is 0.242 e. The molecular weight excluding hydrogens is 202 g/mol. The fourth-order valence-corrected chi connectivity index (χ4v) is 3.50. The molecule has 0 bridgehead atoms. The predicted molar refractivity (Wildman–Crippen MR) is 62.1 cm³/mol. The quantitative estimate of drug-likeness (QED) is 0.638. The second-order valence-corrected chi connectivity index (χ2v) is 6.27. The Labute approximate surface area is 96.8 Å². The second-order valence-electron chi connectivity index (χ2n) is 6.27. The van der Waals surface area contributed by atoms with Crippen molar-refractivity contribution in [3.8, 4) is 0 Å². The SMILES string of the molecule is CC(C)CN1CC2(CNC2)CC12CNC2=O. The van der Waals surface area contributed by atoms with E-state index >= 15 is 0 Å². The third kappa shape index (κ3) is 1.26. The Morgan fingerprint density at radius 3 is 2.50 bits per heavy atom. The van der Waals surface area contributed by atoms with Gasteiger partial charge in [0.15, 0.2) is 0 Å². The molecule has 90 valence electrons. The van der Waals surface area contributed by atoms with Crippen molar-refractivity contribution in [1.29, 1.82) is 0 Å². The van der Waals surface area contributed by atoms with E-state index in [1.165, 1.54) is 0 Å². The molecule has 0 radical (unpaired) electrons. The van der Waals surface area contributed by atoms with E-state index in [1.807, 2.05) is 0 Å². The molecule has 3 fully saturated rings. The third-order valence-electron chi connectivity index (χ3n) is 4.35. The lowest BCUT2D eigenvalue weighted by Gasteiger charge is -2.45. The predicted octanol–water partition coefficient (Wildman–Crippen LogP) is -0.194. The van der Waals surface area contributed by atoms with Crippen LogP contribution in [0.4, 0.5) is 0 Å². The Balaban J connectivity index is 1.81. The summed E-state index contributed by atoms with van der Waals surface area (Å²) in [6, 6.07) is 0. The summed E-state index contributed by atoms with van der Waals surface area (Å²) in [6.07, 6.45) is 1.06. The number of hydrogen-bond acceptors (Lipinski definition) is 3. The van der Waals surface area contributed by atoms with E-state index in [0.29, 0.717) is 11.3 Å². The summed E-state index contributed by atoms with van der Waals surface area (Å²) >= 11 is 0. The molecule has 3 aliphatic heterocycles. The molecule has 0 aromatic rings. The van der Waals surface area contributed by atoms with Crippen LogP contribution in [0.5, 0.6) is 0 Å². The molecule has 4 heteroatoms. The molecule has 1 atom stereocenters. The van der Waals surface area contributed by atoms with Crippen LogP contribution in [0.2, 0.25) is 0 Å². The van der Waals surface area contributed by atoms with Crippen molar-refractivity contribution in [2.45, 2.75) is 25.8 Å². The van der Waals surface area contributed by atoms with Crippen molar-refractivity contribution in [2.24, 2.45) is 11.3 Å². The average Bonchev–Trinajstić information content (AvgIpc) is 2.52. The second kappa shape index (κ2) is 3.20. The molecule has 4 nitrogen and oxygen atoms in total. The van der Waals surface area contributed by atoms with E-state index < -0.39 is 0 Å². The van der Waals surface area contributed by atoms with E-state index in [2.05, 4.69) is 29.4 Å². The number of nitrogens with zero attached hydrogens (tertiary/aromatic N) is 1. The van der Waals surface area contributed by atoms with Gasteiger partial charge in [-0.3, -0.25) is 9.69 Å². The van der Waals surface area contributed by atoms with Gasteiger partial charge in [0.2, 0.25) is 5.91 Å². The number of β-lactam (4-membered cyclic amide) rings is 1. The van der Waals surface area contributed by atoms with Gasteiger partial charge in [-0.05, 0) is 12.3 Å². The van der Waals surface area contributed by atoms with Crippen molar-refractivity contribution in [2.75, 3.05) is 32.7 Å². The first-order valence-corrected chi connectivity index (χ1v) is 6.31. The summed E-state index contributed by atoms with van der Waals surface area (Å²) < 4.78 is 0. The highest BCUT2D eigenvalue weighted by atomic mass is 16.2. The van der Waals surface area contributed by atoms with Gasteiger partial charge in [0.05, 0.1) is 0 Å². The molecule has 3 saturated heterocycles. The van der Waals surface area contributed by atoms with Crippen molar-refractivity contribution < 1.29 is 4.79 Å². The van der Waals surface area contributed by atoms with Crippen molar-refractivity contribution >= 4 is 5.91 Å². The highest BCUT2D eigenvalue weighted by Gasteiger charge is 2.62. The molecule has 0 aromatic carbocycles. The fourth-order valence-electron chi connectivity index (χ4n) is 3.50. The lowest BCUT2D eigenvalue weighted by Crippen LogP contribution is -2.71. The van der Waals surface area contributed by atoms with E-state index in [9.17, 15) is 4.79 Å². The molecule has 0 aliphatic carbocycles. The molecular formula is C12H21N3O. The van der Waals surface area contributed by atoms with Gasteiger partial charge in [-0.2, -0.15) is 0 Å². The number of amides is 1. The molecule has 1 unspecified atom stereocenters. The van der Waals surface area contributed by atoms with Gasteiger partial charge in [0.25, 0.3) is 0 Å². The van der Waals surface area contributed by atoms with Crippen LogP contribution in [-0.2, 0) is 4.79 Å². The first kappa shape index (κ1) is 10.5. The smallest absolute Gasteiger partial charge is 0.242 e. The standard InChI is InChI=1S/C12H21N3O/c1-9(2)3-15-8-11(5-13-6-11)4-12(15)7-14-10(12)16/h9,13H,3-8H2,1-2H3,(H,14,16). The minimum Gasteiger partial charge on any atom is -0.352 e. The summed E-state index contributed by atoms with van der Waals surface area (Å²) in [5.41, 5.74) is 0.249. The minimum absolute atomic E-state index is 0.146. The van der Waals surface area contributed by atoms with E-state index in [0.717, 1.165) is 39.1 Å². The Morgan fingerprint density at radius 1 is 1.38 bits per heavy atom. The zero-order valence-electron chi connectivity index (χ0n) is 10.2. The Kier molecular flexibility index (Phi) is 2.11. The van der Waals surface area contributed by atoms with Gasteiger partial charge in [-0.1, -0.05) is 13.8 Å². The molecule has 0 saturated carbocycles. The van der Waals surface area contributed by atoms with Crippen molar-refractivity contribution in [1.82, 2.24) is 15.5 Å². The number of rotatable bonds is 2. The molecule has 2 N–H and O–H groups in total. The highest BCUT2D eigenvalue weighted by molar-refractivity contribution is 5.93. The first-order chi connectivity index (χ1) is 7.56. The maximum atomic E-state index is 11.9. The maximum absolute atomic E-state index is 11.9. The van der Waals surface area contributed by atoms with Crippen LogP contribution in [0.1, 0.15) is 20.3 Å². The zero-order valence-corrected chi connectivity index (χ0v) is 10.2. The van der Waals surface area contributed by atoms with Gasteiger partial charge < -0.3 is 10.6 Å². The first-order valence-electron chi connectivity index (χ1n) is 6.31. The molecule has 3 aliphatic rings. The molecule has 0 aromatic heterocycles. The van der Waals surface area contributed by atoms with E-state index in [1.54, 1.807) is 0 Å². The summed E-state index contributed by atoms with van der Waals surface area (Å²) in [7, 11) is 0. The third-order valence-corrected chi connectivity index (χ3v) is 4.35. The van der Waals surface area contributed by atoms with Crippen LogP contribution in [0, 0.1) is 11.3 Å². The minimum atomic E-state index is -0.146. The Bertz CT molecular complexity index is 324. The van der Waals surface area contributed by atoms with E-state index in [4.69, 9.17) is 0 Å². The highest BCUT2D eigenvalue weighted by Crippen LogP contribution is 2.46. The van der Waals surface area contributed by atoms with Crippen LogP contribution in [0.25, 0.3) is 0 Å². The zero-order chi connectivity index (χ0) is 11.4. The molecule has 16 heavy (non-hydrogen) atoms. The van der Waals surface area contributed by atoms with Gasteiger partial charge in [0.1, 0.15) is 5.54 Å². The Hall–Kier alpha value is -0.610.